The zero-order chi connectivity index (χ0) is 22.8. The fourth-order valence-corrected chi connectivity index (χ4v) is 3.70. The van der Waals surface area contributed by atoms with E-state index in [-0.39, 0.29) is 17.1 Å². The van der Waals surface area contributed by atoms with E-state index in [1.807, 2.05) is 4.90 Å². The molecule has 168 valence electrons. The van der Waals surface area contributed by atoms with E-state index in [1.165, 1.54) is 18.2 Å². The number of rotatable bonds is 5. The topological polar surface area (TPSA) is 119 Å². The molecule has 32 heavy (non-hydrogen) atoms. The minimum absolute atomic E-state index is 0.169. The molecule has 1 unspecified atom stereocenters. The van der Waals surface area contributed by atoms with Crippen LogP contribution in [-0.4, -0.2) is 32.3 Å². The third-order valence-corrected chi connectivity index (χ3v) is 5.12. The second-order valence-electron chi connectivity index (χ2n) is 7.52. The van der Waals surface area contributed by atoms with Gasteiger partial charge in [-0.15, -0.1) is 0 Å². The van der Waals surface area contributed by atoms with E-state index in [9.17, 15) is 13.6 Å². The third-order valence-electron chi connectivity index (χ3n) is 5.12. The number of morpholine rings is 1. The lowest BCUT2D eigenvalue weighted by Crippen LogP contribution is -2.36. The summed E-state index contributed by atoms with van der Waals surface area (Å²) in [6, 6.07) is 7.28. The number of halogens is 2. The molecule has 0 saturated carbocycles. The number of hydrogen-bond acceptors (Lipinski definition) is 6. The molecule has 1 saturated heterocycles. The van der Waals surface area contributed by atoms with Crippen LogP contribution < -0.4 is 27.1 Å². The number of aliphatic imine (C=N–C) groups is 1. The van der Waals surface area contributed by atoms with Crippen molar-refractivity contribution in [3.63, 3.8) is 0 Å². The van der Waals surface area contributed by atoms with Crippen molar-refractivity contribution in [3.8, 4) is 0 Å². The first-order valence-electron chi connectivity index (χ1n) is 10.1. The minimum Gasteiger partial charge on any atom is -0.440 e. The first-order valence-corrected chi connectivity index (χ1v) is 10.1. The summed E-state index contributed by atoms with van der Waals surface area (Å²) in [6.07, 6.45) is 0. The molecule has 8 nitrogen and oxygen atoms in total. The van der Waals surface area contributed by atoms with Gasteiger partial charge in [0.25, 0.3) is 0 Å². The summed E-state index contributed by atoms with van der Waals surface area (Å²) in [5.74, 6) is -1.16. The van der Waals surface area contributed by atoms with Gasteiger partial charge in [-0.05, 0) is 31.2 Å². The molecule has 0 spiro atoms. The Bertz CT molecular complexity index is 1210. The first kappa shape index (κ1) is 21.6. The largest absolute Gasteiger partial charge is 0.440 e. The lowest BCUT2D eigenvalue weighted by Gasteiger charge is -2.27. The Morgan fingerprint density at radius 1 is 1.09 bits per heavy atom. The molecule has 1 atom stereocenters. The van der Waals surface area contributed by atoms with Gasteiger partial charge in [0, 0.05) is 36.5 Å². The van der Waals surface area contributed by atoms with Gasteiger partial charge in [0.2, 0.25) is 0 Å². The van der Waals surface area contributed by atoms with Crippen molar-refractivity contribution < 1.29 is 17.9 Å². The van der Waals surface area contributed by atoms with E-state index < -0.39 is 17.7 Å². The summed E-state index contributed by atoms with van der Waals surface area (Å²) in [5.41, 5.74) is 12.3. The van der Waals surface area contributed by atoms with Gasteiger partial charge in [-0.2, -0.15) is 0 Å². The molecule has 1 fully saturated rings. The summed E-state index contributed by atoms with van der Waals surface area (Å²) in [7, 11) is 0. The molecule has 5 N–H and O–H groups in total. The smallest absolute Gasteiger partial charge is 0.200 e. The number of hydrogen-bond donors (Lipinski definition) is 3. The maximum Gasteiger partial charge on any atom is 0.200 e. The highest BCUT2D eigenvalue weighted by atomic mass is 19.1. The predicted molar refractivity (Wildman–Crippen MR) is 119 cm³/mol. The summed E-state index contributed by atoms with van der Waals surface area (Å²) < 4.78 is 38.8. The molecule has 3 aromatic rings. The molecule has 0 bridgehead atoms. The van der Waals surface area contributed by atoms with Crippen molar-refractivity contribution in [1.29, 1.82) is 0 Å². The maximum atomic E-state index is 13.7. The lowest BCUT2D eigenvalue weighted by atomic mass is 10.0. The minimum atomic E-state index is -0.708. The normalized spacial score (nSPS) is 14.9. The van der Waals surface area contributed by atoms with Crippen molar-refractivity contribution in [2.75, 3.05) is 36.5 Å². The van der Waals surface area contributed by atoms with Gasteiger partial charge in [0.1, 0.15) is 17.2 Å². The number of nitrogens with two attached hydrogens (primary N) is 2. The SMILES string of the molecule is CC(Nc1cc(F)cc(F)c1)c1cc(N=C(N)N)cc2c(=O)cc(N3CCOCC3)oc12. The van der Waals surface area contributed by atoms with Crippen LogP contribution in [0.15, 0.2) is 50.6 Å². The highest BCUT2D eigenvalue weighted by Crippen LogP contribution is 2.33. The van der Waals surface area contributed by atoms with Gasteiger partial charge in [-0.25, -0.2) is 13.8 Å². The highest BCUT2D eigenvalue weighted by molar-refractivity contribution is 5.87. The van der Waals surface area contributed by atoms with Gasteiger partial charge in [0.15, 0.2) is 17.3 Å². The first-order chi connectivity index (χ1) is 15.3. The Hall–Kier alpha value is -3.66. The van der Waals surface area contributed by atoms with Gasteiger partial charge in [-0.3, -0.25) is 4.79 Å². The molecule has 0 radical (unpaired) electrons. The van der Waals surface area contributed by atoms with E-state index in [4.69, 9.17) is 20.6 Å². The predicted octanol–water partition coefficient (Wildman–Crippen LogP) is 2.99. The molecule has 1 aliphatic rings. The van der Waals surface area contributed by atoms with Crippen LogP contribution >= 0.6 is 0 Å². The van der Waals surface area contributed by atoms with E-state index in [0.29, 0.717) is 54.4 Å². The van der Waals surface area contributed by atoms with Crippen LogP contribution in [0.4, 0.5) is 26.0 Å². The molecule has 4 rings (SSSR count). The van der Waals surface area contributed by atoms with Crippen molar-refractivity contribution in [2.24, 2.45) is 16.5 Å². The van der Waals surface area contributed by atoms with E-state index in [1.54, 1.807) is 19.1 Å². The maximum absolute atomic E-state index is 13.7. The molecule has 0 aliphatic carbocycles. The molecule has 1 aromatic heterocycles. The Labute approximate surface area is 182 Å². The van der Waals surface area contributed by atoms with E-state index in [0.717, 1.165) is 6.07 Å². The van der Waals surface area contributed by atoms with Crippen molar-refractivity contribution in [3.05, 3.63) is 63.8 Å². The van der Waals surface area contributed by atoms with Crippen LogP contribution in [0.5, 0.6) is 0 Å². The van der Waals surface area contributed by atoms with Crippen LogP contribution in [0.25, 0.3) is 11.0 Å². The van der Waals surface area contributed by atoms with Crippen LogP contribution in [0.3, 0.4) is 0 Å². The van der Waals surface area contributed by atoms with Gasteiger partial charge in [-0.1, -0.05) is 0 Å². The summed E-state index contributed by atoms with van der Waals surface area (Å²) in [5, 5.41) is 3.33. The molecule has 2 heterocycles. The van der Waals surface area contributed by atoms with Crippen LogP contribution in [0.2, 0.25) is 0 Å². The van der Waals surface area contributed by atoms with E-state index in [2.05, 4.69) is 10.3 Å². The fraction of sp³-hybridized carbons (Fsp3) is 0.273. The van der Waals surface area contributed by atoms with Crippen molar-refractivity contribution in [2.45, 2.75) is 13.0 Å². The molecule has 2 aromatic carbocycles. The fourth-order valence-electron chi connectivity index (χ4n) is 3.70. The molecular formula is C22H23F2N5O3. The number of fused-ring (bicyclic) bond motifs is 1. The average molecular weight is 443 g/mol. The van der Waals surface area contributed by atoms with Crippen LogP contribution in [0, 0.1) is 11.6 Å². The number of nitrogens with zero attached hydrogens (tertiary/aromatic N) is 2. The Morgan fingerprint density at radius 3 is 2.44 bits per heavy atom. The summed E-state index contributed by atoms with van der Waals surface area (Å²) >= 11 is 0. The Kier molecular flexibility index (Phi) is 5.95. The zero-order valence-corrected chi connectivity index (χ0v) is 17.4. The van der Waals surface area contributed by atoms with Gasteiger partial charge < -0.3 is 30.8 Å². The molecule has 1 aliphatic heterocycles. The lowest BCUT2D eigenvalue weighted by molar-refractivity contribution is 0.121. The second kappa shape index (κ2) is 8.83. The second-order valence-corrected chi connectivity index (χ2v) is 7.52. The van der Waals surface area contributed by atoms with Crippen LogP contribution in [-0.2, 0) is 4.74 Å². The number of benzene rings is 2. The van der Waals surface area contributed by atoms with Crippen molar-refractivity contribution in [1.82, 2.24) is 0 Å². The Balaban J connectivity index is 1.84. The quantitative estimate of drug-likeness (QED) is 0.410. The number of ether oxygens (including phenoxy) is 1. The number of guanidine groups is 1. The number of nitrogens with one attached hydrogen (secondary N) is 1. The highest BCUT2D eigenvalue weighted by Gasteiger charge is 2.20. The third kappa shape index (κ3) is 4.65. The molecular weight excluding hydrogens is 420 g/mol. The summed E-state index contributed by atoms with van der Waals surface area (Å²) in [6.45, 7) is 4.01. The summed E-state index contributed by atoms with van der Waals surface area (Å²) in [4.78, 5) is 18.9. The van der Waals surface area contributed by atoms with Gasteiger partial charge in [0.05, 0.1) is 30.3 Å². The van der Waals surface area contributed by atoms with E-state index >= 15 is 0 Å². The standard InChI is InChI=1S/C22H23F2N5O3/c1-12(27-15-7-13(23)6-14(24)8-15)17-9-16(28-22(25)26)10-18-19(30)11-20(32-21(17)18)29-2-4-31-5-3-29/h6-12,27H,2-5H2,1H3,(H4,25,26,28). The van der Waals surface area contributed by atoms with Gasteiger partial charge >= 0.3 is 0 Å². The average Bonchev–Trinajstić information content (AvgIpc) is 2.73. The number of anilines is 2. The van der Waals surface area contributed by atoms with Crippen molar-refractivity contribution >= 4 is 34.2 Å². The zero-order valence-electron chi connectivity index (χ0n) is 17.4. The monoisotopic (exact) mass is 443 g/mol. The Morgan fingerprint density at radius 2 is 1.78 bits per heavy atom. The van der Waals surface area contributed by atoms with Crippen LogP contribution in [0.1, 0.15) is 18.5 Å². The molecule has 0 amide bonds. The molecule has 10 heteroatoms.